The van der Waals surface area contributed by atoms with Gasteiger partial charge in [-0.15, -0.1) is 35.7 Å². The molecule has 1 aliphatic rings. The third-order valence-electron chi connectivity index (χ3n) is 13.4. The first-order valence-electron chi connectivity index (χ1n) is 32.8. The van der Waals surface area contributed by atoms with E-state index in [4.69, 9.17) is 4.74 Å². The molecule has 2 heterocycles. The number of thioether (sulfide) groups is 1. The van der Waals surface area contributed by atoms with E-state index in [-0.39, 0.29) is 16.6 Å². The van der Waals surface area contributed by atoms with Gasteiger partial charge >= 0.3 is 0 Å². The van der Waals surface area contributed by atoms with Gasteiger partial charge in [0.2, 0.25) is 0 Å². The lowest BCUT2D eigenvalue weighted by atomic mass is 9.96. The Morgan fingerprint density at radius 2 is 1.22 bits per heavy atom. The van der Waals surface area contributed by atoms with Gasteiger partial charge in [0.15, 0.2) is 0 Å². The van der Waals surface area contributed by atoms with Crippen LogP contribution in [0.2, 0.25) is 0 Å². The highest BCUT2D eigenvalue weighted by Crippen LogP contribution is 2.34. The lowest BCUT2D eigenvalue weighted by molar-refractivity contribution is -0.118. The summed E-state index contributed by atoms with van der Waals surface area (Å²) in [6.45, 7) is 70.5. The van der Waals surface area contributed by atoms with Crippen LogP contribution in [0.4, 0.5) is 0 Å². The summed E-state index contributed by atoms with van der Waals surface area (Å²) in [5, 5.41) is 5.56. The molecule has 0 saturated carbocycles. The number of carbonyl (C=O) groups is 2. The number of thiophene rings is 1. The van der Waals surface area contributed by atoms with Crippen molar-refractivity contribution in [2.24, 2.45) is 40.9 Å². The Morgan fingerprint density at radius 3 is 1.59 bits per heavy atom. The summed E-state index contributed by atoms with van der Waals surface area (Å²) in [7, 11) is 0. The van der Waals surface area contributed by atoms with Gasteiger partial charge in [0.25, 0.3) is 11.8 Å². The Bertz CT molecular complexity index is 2000. The van der Waals surface area contributed by atoms with E-state index >= 15 is 0 Å². The summed E-state index contributed by atoms with van der Waals surface area (Å²) < 4.78 is 6.35. The number of nitrogens with one attached hydrogen (secondary N) is 2. The fourth-order valence-corrected chi connectivity index (χ4v) is 8.86. The molecule has 484 valence electrons. The minimum Gasteiger partial charge on any atom is -0.484 e. The topological polar surface area (TPSA) is 67.4 Å². The molecule has 0 aliphatic carbocycles. The van der Waals surface area contributed by atoms with Gasteiger partial charge in [-0.25, -0.2) is 0 Å². The Morgan fingerprint density at radius 1 is 0.747 bits per heavy atom. The Hall–Kier alpha value is -3.20. The number of thiol groups is 1. The van der Waals surface area contributed by atoms with Crippen molar-refractivity contribution in [2.45, 2.75) is 289 Å². The molecule has 0 aromatic carbocycles. The second kappa shape index (κ2) is 56.6. The molecule has 0 saturated heterocycles. The molecule has 83 heavy (non-hydrogen) atoms. The average Bonchev–Trinajstić information content (AvgIpc) is 4.04. The van der Waals surface area contributed by atoms with Gasteiger partial charge in [0, 0.05) is 21.1 Å². The molecular weight excluding hydrogens is 1070 g/mol. The molecule has 1 aliphatic heterocycles. The van der Waals surface area contributed by atoms with E-state index in [2.05, 4.69) is 194 Å². The van der Waals surface area contributed by atoms with Gasteiger partial charge in [-0.3, -0.25) is 9.59 Å². The van der Waals surface area contributed by atoms with Crippen LogP contribution in [0.5, 0.6) is 0 Å². The fourth-order valence-electron chi connectivity index (χ4n) is 7.09. The van der Waals surface area contributed by atoms with E-state index < -0.39 is 17.4 Å². The van der Waals surface area contributed by atoms with E-state index in [1.165, 1.54) is 113 Å². The van der Waals surface area contributed by atoms with E-state index in [1.54, 1.807) is 17.8 Å². The number of carbonyl (C=O) groups excluding carboxylic acids is 2. The van der Waals surface area contributed by atoms with E-state index in [0.717, 1.165) is 50.7 Å². The second-order valence-electron chi connectivity index (χ2n) is 24.0. The summed E-state index contributed by atoms with van der Waals surface area (Å²) >= 11 is 7.62. The normalized spacial score (nSPS) is 14.0. The van der Waals surface area contributed by atoms with Crippen LogP contribution in [0.1, 0.15) is 293 Å². The van der Waals surface area contributed by atoms with Crippen molar-refractivity contribution in [1.82, 2.24) is 10.6 Å². The van der Waals surface area contributed by atoms with Crippen LogP contribution in [0.3, 0.4) is 0 Å². The monoisotopic (exact) mass is 1210 g/mol. The molecule has 0 spiro atoms. The van der Waals surface area contributed by atoms with Crippen molar-refractivity contribution in [3.63, 3.8) is 0 Å². The maximum atomic E-state index is 13.3. The van der Waals surface area contributed by atoms with Crippen LogP contribution >= 0.6 is 35.7 Å². The van der Waals surface area contributed by atoms with Crippen LogP contribution in [-0.2, 0) is 14.3 Å². The summed E-state index contributed by atoms with van der Waals surface area (Å²) in [5.74, 6) is 4.98. The van der Waals surface area contributed by atoms with Crippen molar-refractivity contribution in [2.75, 3.05) is 6.26 Å². The summed E-state index contributed by atoms with van der Waals surface area (Å²) in [6, 6.07) is 3.79. The molecule has 2 rings (SSSR count). The second-order valence-corrected chi connectivity index (χ2v) is 26.4. The fraction of sp³-hybridized carbons (Fsp3) is 0.680. The number of allylic oxidation sites excluding steroid dienone is 6. The van der Waals surface area contributed by atoms with Gasteiger partial charge in [0.05, 0.1) is 16.1 Å². The molecule has 4 unspecified atom stereocenters. The highest BCUT2D eigenvalue weighted by molar-refractivity contribution is 8.02. The van der Waals surface area contributed by atoms with Crippen molar-refractivity contribution >= 4 is 59.3 Å². The van der Waals surface area contributed by atoms with Gasteiger partial charge in [-0.05, 0) is 115 Å². The van der Waals surface area contributed by atoms with E-state index in [9.17, 15) is 9.59 Å². The number of unbranched alkanes of at least 4 members (excludes halogenated alkanes) is 1. The largest absolute Gasteiger partial charge is 0.484 e. The third kappa shape index (κ3) is 49.6. The maximum Gasteiger partial charge on any atom is 0.258 e. The third-order valence-corrected chi connectivity index (χ3v) is 16.0. The SMILES string of the molecule is C=C1C(=O)NC(c2ccc(/C=C/C(=C)C(C)(C)OC(=C\C)/C=C(\SC)C(C)C)s2)=C1C(=O)NC(=C)/C(S)=C/C=C/C(C)(C)C.CC.CC.CCC.CCC(C)CCCC(C)CC.CCCC(C)C.CCCC(C)CC.CCCCC(C)CC. The van der Waals surface area contributed by atoms with Crippen molar-refractivity contribution in [3.05, 3.63) is 116 Å². The molecule has 5 nitrogen and oxygen atoms in total. The first-order chi connectivity index (χ1) is 38.9. The molecule has 0 radical (unpaired) electrons. The molecule has 1 aromatic rings. The van der Waals surface area contributed by atoms with Crippen LogP contribution in [0.25, 0.3) is 11.8 Å². The standard InChI is InChI=1S/C36H46N2O3S3.C11H24.C8H18.C7H16.C6H14.C3H8.2C2H6/c1-13-26(21-30(43-12)22(2)3)41-36(10,11)23(4)16-17-27-18-19-29(44-27)32-31(24(5)33(39)38-32)34(40)37-25(6)28(42)15-14-20-35(7,8)9;1-5-10(3)8-7-9-11(4)6-2;1-4-6-7-8(3)5-2;1-4-6-7(3)5-2;1-4-5-6(2)3;1-3-2;2*1-2/h13-22,42H,4-6H2,1-3,7-12H3,(H,37,40)(H,38,39);10-11H,5-9H2,1-4H3;8H,4-7H2,1-3H3;7H,4-6H2,1-3H3;6H,4-5H2,1-3H3;3H2,1-2H3;2*1-2H3/b17-16+,20-14+,26-13-,28-15-,30-21-;;;;;;;. The Balaban J connectivity index is -0.000000304. The van der Waals surface area contributed by atoms with Crippen molar-refractivity contribution in [3.8, 4) is 0 Å². The molecule has 4 atom stereocenters. The highest BCUT2D eigenvalue weighted by Gasteiger charge is 2.32. The smallest absolute Gasteiger partial charge is 0.258 e. The zero-order chi connectivity index (χ0) is 65.9. The summed E-state index contributed by atoms with van der Waals surface area (Å²) in [6.07, 6.45) is 36.2. The van der Waals surface area contributed by atoms with E-state index in [0.29, 0.717) is 22.2 Å². The van der Waals surface area contributed by atoms with Gasteiger partial charge in [0.1, 0.15) is 11.4 Å². The predicted molar refractivity (Wildman–Crippen MR) is 390 cm³/mol. The molecule has 0 bridgehead atoms. The van der Waals surface area contributed by atoms with Crippen LogP contribution in [0.15, 0.2) is 106 Å². The molecule has 2 amide bonds. The quantitative estimate of drug-likeness (QED) is 0.0339. The molecular formula is C75H138N2O3S3. The van der Waals surface area contributed by atoms with Crippen LogP contribution in [-0.4, -0.2) is 23.7 Å². The zero-order valence-electron chi connectivity index (χ0n) is 59.9. The van der Waals surface area contributed by atoms with Gasteiger partial charge in [-0.1, -0.05) is 300 Å². The summed E-state index contributed by atoms with van der Waals surface area (Å²) in [5.41, 5.74) is 1.16. The van der Waals surface area contributed by atoms with E-state index in [1.807, 2.05) is 91.0 Å². The lowest BCUT2D eigenvalue weighted by Gasteiger charge is -2.28. The van der Waals surface area contributed by atoms with Crippen LogP contribution < -0.4 is 10.6 Å². The van der Waals surface area contributed by atoms with Crippen molar-refractivity contribution < 1.29 is 14.3 Å². The highest BCUT2D eigenvalue weighted by atomic mass is 32.2. The maximum absolute atomic E-state index is 13.3. The van der Waals surface area contributed by atoms with Crippen LogP contribution in [0, 0.1) is 40.9 Å². The minimum atomic E-state index is -0.647. The number of hydrogen-bond acceptors (Lipinski definition) is 6. The van der Waals surface area contributed by atoms with Gasteiger partial charge < -0.3 is 15.4 Å². The predicted octanol–water partition coefficient (Wildman–Crippen LogP) is 25.6. The minimum absolute atomic E-state index is 0.00720. The van der Waals surface area contributed by atoms with Crippen molar-refractivity contribution in [1.29, 1.82) is 0 Å². The van der Waals surface area contributed by atoms with Gasteiger partial charge in [-0.2, -0.15) is 0 Å². The number of amides is 2. The molecule has 1 aromatic heterocycles. The number of ether oxygens (including phenoxy) is 1. The Kier molecular flexibility index (Phi) is 62.0. The lowest BCUT2D eigenvalue weighted by Crippen LogP contribution is -2.25. The first-order valence-corrected chi connectivity index (χ1v) is 35.3. The average molecular weight is 1210 g/mol. The molecule has 8 heteroatoms. The molecule has 0 fully saturated rings. The number of rotatable bonds is 28. The zero-order valence-corrected chi connectivity index (χ0v) is 62.4. The Labute approximate surface area is 533 Å². The first kappa shape index (κ1) is 91.0. The summed E-state index contributed by atoms with van der Waals surface area (Å²) in [4.78, 5) is 29.2. The number of hydrogen-bond donors (Lipinski definition) is 3. The molecule has 2 N–H and O–H groups in total.